The lowest BCUT2D eigenvalue weighted by molar-refractivity contribution is 0.0754. The fourth-order valence-electron chi connectivity index (χ4n) is 3.78. The predicted octanol–water partition coefficient (Wildman–Crippen LogP) is 1.56. The summed E-state index contributed by atoms with van der Waals surface area (Å²) in [5.74, 6) is 0.674. The van der Waals surface area contributed by atoms with Gasteiger partial charge in [0.2, 0.25) is 5.95 Å². The third-order valence-electron chi connectivity index (χ3n) is 5.26. The molecular formula is C19H23Cl2N5O2. The van der Waals surface area contributed by atoms with E-state index in [9.17, 15) is 9.90 Å². The predicted molar refractivity (Wildman–Crippen MR) is 110 cm³/mol. The first-order chi connectivity index (χ1) is 13.1. The molecule has 1 aromatic carbocycles. The molecule has 0 unspecified atom stereocenters. The lowest BCUT2D eigenvalue weighted by Gasteiger charge is -2.38. The van der Waals surface area contributed by atoms with Crippen molar-refractivity contribution in [2.75, 3.05) is 44.2 Å². The second-order valence-electron chi connectivity index (χ2n) is 6.92. The quantitative estimate of drug-likeness (QED) is 0.807. The van der Waals surface area contributed by atoms with Gasteiger partial charge in [-0.15, -0.1) is 12.4 Å². The van der Waals surface area contributed by atoms with Crippen LogP contribution in [0.4, 0.5) is 5.95 Å². The number of anilines is 1. The van der Waals surface area contributed by atoms with Crippen LogP contribution in [0.3, 0.4) is 0 Å². The first kappa shape index (κ1) is 20.8. The Kier molecular flexibility index (Phi) is 6.72. The number of β-amino-alcohol motifs (C(OH)–C–C–N with tert-alkyl or cyclic N) is 1. The molecule has 1 amide bonds. The Morgan fingerprint density at radius 2 is 1.68 bits per heavy atom. The molecule has 0 bridgehead atoms. The molecule has 0 radical (unpaired) electrons. The van der Waals surface area contributed by atoms with Gasteiger partial charge < -0.3 is 14.9 Å². The molecule has 2 saturated heterocycles. The summed E-state index contributed by atoms with van der Waals surface area (Å²) in [6.07, 6.45) is 2.95. The van der Waals surface area contributed by atoms with E-state index in [1.807, 2.05) is 0 Å². The molecule has 9 heteroatoms. The number of benzene rings is 1. The first-order valence-electron chi connectivity index (χ1n) is 9.11. The maximum atomic E-state index is 12.7. The maximum Gasteiger partial charge on any atom is 0.253 e. The monoisotopic (exact) mass is 423 g/mol. The number of likely N-dealkylation sites (tertiary alicyclic amines) is 1. The van der Waals surface area contributed by atoms with E-state index in [4.69, 9.17) is 11.6 Å². The minimum Gasteiger partial charge on any atom is -0.390 e. The number of piperazine rings is 1. The van der Waals surface area contributed by atoms with Crippen LogP contribution >= 0.6 is 24.0 Å². The Morgan fingerprint density at radius 3 is 2.32 bits per heavy atom. The van der Waals surface area contributed by atoms with E-state index in [2.05, 4.69) is 19.8 Å². The number of carbonyl (C=O) groups is 1. The molecule has 28 heavy (non-hydrogen) atoms. The molecule has 2 atom stereocenters. The van der Waals surface area contributed by atoms with Crippen molar-refractivity contribution in [3.05, 3.63) is 53.3 Å². The molecule has 2 aromatic rings. The van der Waals surface area contributed by atoms with Gasteiger partial charge in [-0.25, -0.2) is 9.97 Å². The van der Waals surface area contributed by atoms with Crippen LogP contribution in [-0.2, 0) is 0 Å². The van der Waals surface area contributed by atoms with Gasteiger partial charge in [0.05, 0.1) is 12.1 Å². The van der Waals surface area contributed by atoms with E-state index in [1.165, 1.54) is 0 Å². The van der Waals surface area contributed by atoms with Gasteiger partial charge in [-0.3, -0.25) is 9.69 Å². The van der Waals surface area contributed by atoms with Crippen LogP contribution in [-0.4, -0.2) is 82.2 Å². The van der Waals surface area contributed by atoms with Crippen LogP contribution < -0.4 is 4.90 Å². The third kappa shape index (κ3) is 4.38. The SMILES string of the molecule is Cl.O=C(c1ccc(Cl)cc1)N1C[C@H](O)[C@@H](N2CCN(c3ncccn3)CC2)C1. The van der Waals surface area contributed by atoms with Gasteiger partial charge in [0.25, 0.3) is 5.91 Å². The number of rotatable bonds is 3. The highest BCUT2D eigenvalue weighted by Crippen LogP contribution is 2.22. The number of hydrogen-bond donors (Lipinski definition) is 1. The molecule has 3 heterocycles. The van der Waals surface area contributed by atoms with Gasteiger partial charge in [-0.2, -0.15) is 0 Å². The summed E-state index contributed by atoms with van der Waals surface area (Å²) < 4.78 is 0. The molecule has 1 aromatic heterocycles. The number of aliphatic hydroxyl groups is 1. The van der Waals surface area contributed by atoms with Crippen molar-refractivity contribution in [1.82, 2.24) is 19.8 Å². The largest absolute Gasteiger partial charge is 0.390 e. The molecule has 1 N–H and O–H groups in total. The van der Waals surface area contributed by atoms with Gasteiger partial charge in [0.1, 0.15) is 0 Å². The lowest BCUT2D eigenvalue weighted by atomic mass is 10.1. The van der Waals surface area contributed by atoms with Crippen molar-refractivity contribution in [2.24, 2.45) is 0 Å². The van der Waals surface area contributed by atoms with Crippen LogP contribution in [0.25, 0.3) is 0 Å². The molecule has 2 aliphatic rings. The van der Waals surface area contributed by atoms with Crippen molar-refractivity contribution in [3.63, 3.8) is 0 Å². The minimum atomic E-state index is -0.541. The summed E-state index contributed by atoms with van der Waals surface area (Å²) in [6.45, 7) is 4.11. The fraction of sp³-hybridized carbons (Fsp3) is 0.421. The minimum absolute atomic E-state index is 0. The smallest absolute Gasteiger partial charge is 0.253 e. The zero-order valence-corrected chi connectivity index (χ0v) is 16.9. The van der Waals surface area contributed by atoms with Crippen LogP contribution in [0.15, 0.2) is 42.7 Å². The second-order valence-corrected chi connectivity index (χ2v) is 7.36. The highest BCUT2D eigenvalue weighted by atomic mass is 35.5. The van der Waals surface area contributed by atoms with Crippen LogP contribution in [0.2, 0.25) is 5.02 Å². The highest BCUT2D eigenvalue weighted by Gasteiger charge is 2.39. The Balaban J connectivity index is 0.00000225. The molecule has 2 aliphatic heterocycles. The van der Waals surface area contributed by atoms with Crippen LogP contribution in [0.1, 0.15) is 10.4 Å². The third-order valence-corrected chi connectivity index (χ3v) is 5.51. The van der Waals surface area contributed by atoms with E-state index in [0.29, 0.717) is 23.7 Å². The molecule has 2 fully saturated rings. The van der Waals surface area contributed by atoms with Gasteiger partial charge >= 0.3 is 0 Å². The number of carbonyl (C=O) groups excluding carboxylic acids is 1. The summed E-state index contributed by atoms with van der Waals surface area (Å²) in [6, 6.07) is 8.64. The van der Waals surface area contributed by atoms with Gasteiger partial charge in [-0.1, -0.05) is 11.6 Å². The van der Waals surface area contributed by atoms with E-state index < -0.39 is 6.10 Å². The normalized spacial score (nSPS) is 22.8. The summed E-state index contributed by atoms with van der Waals surface area (Å²) in [5.41, 5.74) is 0.596. The standard InChI is InChI=1S/C19H22ClN5O2.ClH/c20-15-4-2-14(3-5-15)18(27)25-12-16(17(26)13-25)23-8-10-24(11-9-23)19-21-6-1-7-22-19;/h1-7,16-17,26H,8-13H2;1H/t16-,17-;/m0./s1. The fourth-order valence-corrected chi connectivity index (χ4v) is 3.90. The maximum absolute atomic E-state index is 12.7. The Hall–Kier alpha value is -1.93. The Morgan fingerprint density at radius 1 is 1.04 bits per heavy atom. The number of hydrogen-bond acceptors (Lipinski definition) is 6. The second kappa shape index (κ2) is 9.05. The van der Waals surface area contributed by atoms with Crippen molar-refractivity contribution in [3.8, 4) is 0 Å². The molecule has 7 nitrogen and oxygen atoms in total. The summed E-state index contributed by atoms with van der Waals surface area (Å²) in [5, 5.41) is 11.1. The number of aliphatic hydroxyl groups excluding tert-OH is 1. The zero-order chi connectivity index (χ0) is 18.8. The lowest BCUT2D eigenvalue weighted by Crippen LogP contribution is -2.54. The van der Waals surface area contributed by atoms with E-state index >= 15 is 0 Å². The van der Waals surface area contributed by atoms with Gasteiger partial charge in [0, 0.05) is 62.2 Å². The van der Waals surface area contributed by atoms with Crippen molar-refractivity contribution in [1.29, 1.82) is 0 Å². The number of halogens is 2. The molecule has 0 spiro atoms. The molecule has 0 aliphatic carbocycles. The van der Waals surface area contributed by atoms with Gasteiger partial charge in [-0.05, 0) is 30.3 Å². The van der Waals surface area contributed by atoms with E-state index in [-0.39, 0.29) is 24.4 Å². The number of amides is 1. The summed E-state index contributed by atoms with van der Waals surface area (Å²) in [7, 11) is 0. The van der Waals surface area contributed by atoms with Gasteiger partial charge in [0.15, 0.2) is 0 Å². The van der Waals surface area contributed by atoms with Crippen LogP contribution in [0.5, 0.6) is 0 Å². The summed E-state index contributed by atoms with van der Waals surface area (Å²) >= 11 is 5.90. The average Bonchev–Trinajstić information content (AvgIpc) is 3.10. The first-order valence-corrected chi connectivity index (χ1v) is 9.48. The average molecular weight is 424 g/mol. The molecule has 150 valence electrons. The van der Waals surface area contributed by atoms with E-state index in [1.54, 1.807) is 47.6 Å². The number of nitrogens with zero attached hydrogens (tertiary/aromatic N) is 5. The topological polar surface area (TPSA) is 72.8 Å². The highest BCUT2D eigenvalue weighted by molar-refractivity contribution is 6.30. The Bertz CT molecular complexity index is 785. The van der Waals surface area contributed by atoms with Crippen LogP contribution in [0, 0.1) is 0 Å². The Labute approximate surface area is 175 Å². The van der Waals surface area contributed by atoms with E-state index in [0.717, 1.165) is 32.1 Å². The molecular weight excluding hydrogens is 401 g/mol. The summed E-state index contributed by atoms with van der Waals surface area (Å²) in [4.78, 5) is 27.4. The number of aromatic nitrogens is 2. The molecule has 4 rings (SSSR count). The zero-order valence-electron chi connectivity index (χ0n) is 15.3. The molecule has 0 saturated carbocycles. The van der Waals surface area contributed by atoms with Crippen molar-refractivity contribution < 1.29 is 9.90 Å². The van der Waals surface area contributed by atoms with Crippen molar-refractivity contribution >= 4 is 35.9 Å². The van der Waals surface area contributed by atoms with Crippen molar-refractivity contribution in [2.45, 2.75) is 12.1 Å².